The number of nitrogens with one attached hydrogen (secondary N) is 2. The summed E-state index contributed by atoms with van der Waals surface area (Å²) in [6.07, 6.45) is 1.54. The van der Waals surface area contributed by atoms with Crippen LogP contribution in [0.25, 0.3) is 0 Å². The summed E-state index contributed by atoms with van der Waals surface area (Å²) in [5.74, 6) is 1.10. The Kier molecular flexibility index (Phi) is 5.22. The van der Waals surface area contributed by atoms with Crippen molar-refractivity contribution in [2.45, 2.75) is 0 Å². The summed E-state index contributed by atoms with van der Waals surface area (Å²) in [6, 6.07) is 10.7. The van der Waals surface area contributed by atoms with Gasteiger partial charge in [-0.15, -0.1) is 0 Å². The molecular formula is C16H13BrClN3O3. The van der Waals surface area contributed by atoms with Crippen LogP contribution < -0.4 is 20.2 Å². The Balaban J connectivity index is 1.50. The minimum absolute atomic E-state index is 0.0821. The Bertz CT molecular complexity index is 798. The minimum atomic E-state index is -0.270. The molecule has 0 radical (unpaired) electrons. The van der Waals surface area contributed by atoms with Crippen molar-refractivity contribution in [1.29, 1.82) is 0 Å². The summed E-state index contributed by atoms with van der Waals surface area (Å²) in [5.41, 5.74) is 4.03. The number of hydrazone groups is 1. The van der Waals surface area contributed by atoms with E-state index in [4.69, 9.17) is 21.1 Å². The van der Waals surface area contributed by atoms with Crippen molar-refractivity contribution < 1.29 is 14.3 Å². The van der Waals surface area contributed by atoms with E-state index in [2.05, 4.69) is 31.8 Å². The Morgan fingerprint density at radius 2 is 2.08 bits per heavy atom. The molecule has 0 saturated carbocycles. The number of rotatable bonds is 5. The van der Waals surface area contributed by atoms with E-state index < -0.39 is 0 Å². The lowest BCUT2D eigenvalue weighted by Crippen LogP contribution is -2.26. The highest BCUT2D eigenvalue weighted by Crippen LogP contribution is 2.32. The quantitative estimate of drug-likeness (QED) is 0.585. The largest absolute Gasteiger partial charge is 0.454 e. The maximum absolute atomic E-state index is 11.8. The van der Waals surface area contributed by atoms with E-state index in [-0.39, 0.29) is 19.2 Å². The Labute approximate surface area is 151 Å². The van der Waals surface area contributed by atoms with Crippen LogP contribution in [0.2, 0.25) is 5.02 Å². The fourth-order valence-corrected chi connectivity index (χ4v) is 2.84. The summed E-state index contributed by atoms with van der Waals surface area (Å²) in [7, 11) is 0. The zero-order valence-corrected chi connectivity index (χ0v) is 14.7. The summed E-state index contributed by atoms with van der Waals surface area (Å²) < 4.78 is 11.3. The number of hydrogen-bond acceptors (Lipinski definition) is 5. The molecular weight excluding hydrogens is 398 g/mol. The molecule has 1 heterocycles. The highest BCUT2D eigenvalue weighted by atomic mass is 79.9. The monoisotopic (exact) mass is 409 g/mol. The molecule has 0 fully saturated rings. The van der Waals surface area contributed by atoms with Crippen LogP contribution >= 0.6 is 27.5 Å². The minimum Gasteiger partial charge on any atom is -0.454 e. The molecule has 0 atom stereocenters. The van der Waals surface area contributed by atoms with Gasteiger partial charge in [0.1, 0.15) is 0 Å². The molecule has 6 nitrogen and oxygen atoms in total. The molecule has 1 amide bonds. The number of halogens is 2. The van der Waals surface area contributed by atoms with Crippen molar-refractivity contribution in [3.05, 3.63) is 51.5 Å². The molecule has 0 aliphatic carbocycles. The Morgan fingerprint density at radius 3 is 2.92 bits per heavy atom. The van der Waals surface area contributed by atoms with Gasteiger partial charge in [0, 0.05) is 15.2 Å². The summed E-state index contributed by atoms with van der Waals surface area (Å²) in [4.78, 5) is 11.8. The predicted octanol–water partition coefficient (Wildman–Crippen LogP) is 3.39. The molecule has 124 valence electrons. The fraction of sp³-hybridized carbons (Fsp3) is 0.125. The van der Waals surface area contributed by atoms with Gasteiger partial charge in [0.05, 0.1) is 12.8 Å². The third-order valence-corrected chi connectivity index (χ3v) is 4.06. The van der Waals surface area contributed by atoms with Gasteiger partial charge >= 0.3 is 0 Å². The van der Waals surface area contributed by atoms with Crippen molar-refractivity contribution in [1.82, 2.24) is 5.43 Å². The van der Waals surface area contributed by atoms with Gasteiger partial charge in [0.15, 0.2) is 11.5 Å². The zero-order valence-electron chi connectivity index (χ0n) is 12.4. The normalized spacial score (nSPS) is 12.4. The Hall–Kier alpha value is -2.25. The predicted molar refractivity (Wildman–Crippen MR) is 95.9 cm³/mol. The molecule has 2 aromatic rings. The van der Waals surface area contributed by atoms with Crippen LogP contribution in [0.5, 0.6) is 11.5 Å². The highest BCUT2D eigenvalue weighted by molar-refractivity contribution is 9.10. The molecule has 8 heteroatoms. The molecule has 1 aliphatic rings. The number of carbonyl (C=O) groups excluding carboxylic acids is 1. The number of nitrogens with zero attached hydrogens (tertiary/aromatic N) is 1. The van der Waals surface area contributed by atoms with Gasteiger partial charge in [-0.25, -0.2) is 5.43 Å². The molecule has 0 spiro atoms. The second-order valence-corrected chi connectivity index (χ2v) is 6.17. The van der Waals surface area contributed by atoms with E-state index >= 15 is 0 Å². The average Bonchev–Trinajstić information content (AvgIpc) is 3.02. The molecule has 0 unspecified atom stereocenters. The first-order valence-corrected chi connectivity index (χ1v) is 8.19. The lowest BCUT2D eigenvalue weighted by molar-refractivity contribution is -0.119. The summed E-state index contributed by atoms with van der Waals surface area (Å²) in [5, 5.41) is 7.53. The average molecular weight is 411 g/mol. The SMILES string of the molecule is O=C(CNc1ccc(Cl)cc1Br)NN=Cc1ccc2c(c1)OCO2. The first kappa shape index (κ1) is 16.6. The first-order chi connectivity index (χ1) is 11.6. The van der Waals surface area contributed by atoms with E-state index in [9.17, 15) is 4.79 Å². The fourth-order valence-electron chi connectivity index (χ4n) is 2.02. The van der Waals surface area contributed by atoms with Crippen LogP contribution in [0, 0.1) is 0 Å². The topological polar surface area (TPSA) is 72.0 Å². The maximum atomic E-state index is 11.8. The molecule has 2 N–H and O–H groups in total. The highest BCUT2D eigenvalue weighted by Gasteiger charge is 2.12. The van der Waals surface area contributed by atoms with Gasteiger partial charge in [0.2, 0.25) is 6.79 Å². The number of anilines is 1. The number of carbonyl (C=O) groups is 1. The number of fused-ring (bicyclic) bond motifs is 1. The third kappa shape index (κ3) is 4.18. The smallest absolute Gasteiger partial charge is 0.259 e. The molecule has 24 heavy (non-hydrogen) atoms. The summed E-state index contributed by atoms with van der Waals surface area (Å²) in [6.45, 7) is 0.303. The molecule has 0 bridgehead atoms. The molecule has 0 aromatic heterocycles. The van der Waals surface area contributed by atoms with E-state index in [1.165, 1.54) is 6.21 Å². The van der Waals surface area contributed by atoms with Crippen molar-refractivity contribution >= 4 is 45.3 Å². The van der Waals surface area contributed by atoms with Crippen LogP contribution in [0.15, 0.2) is 46.0 Å². The second-order valence-electron chi connectivity index (χ2n) is 4.88. The summed E-state index contributed by atoms with van der Waals surface area (Å²) >= 11 is 9.24. The molecule has 1 aliphatic heterocycles. The van der Waals surface area contributed by atoms with Crippen LogP contribution in [0.1, 0.15) is 5.56 Å². The van der Waals surface area contributed by atoms with Gasteiger partial charge in [-0.2, -0.15) is 5.10 Å². The number of benzene rings is 2. The van der Waals surface area contributed by atoms with E-state index in [1.807, 2.05) is 6.07 Å². The van der Waals surface area contributed by atoms with Crippen LogP contribution in [-0.2, 0) is 4.79 Å². The van der Waals surface area contributed by atoms with Gasteiger partial charge in [-0.3, -0.25) is 4.79 Å². The third-order valence-electron chi connectivity index (χ3n) is 3.17. The van der Waals surface area contributed by atoms with Crippen LogP contribution in [0.4, 0.5) is 5.69 Å². The lowest BCUT2D eigenvalue weighted by atomic mass is 10.2. The zero-order chi connectivity index (χ0) is 16.9. The second kappa shape index (κ2) is 7.55. The number of amides is 1. The van der Waals surface area contributed by atoms with Crippen LogP contribution in [-0.4, -0.2) is 25.5 Å². The van der Waals surface area contributed by atoms with Crippen LogP contribution in [0.3, 0.4) is 0 Å². The van der Waals surface area contributed by atoms with Gasteiger partial charge in [-0.1, -0.05) is 11.6 Å². The van der Waals surface area contributed by atoms with Gasteiger partial charge < -0.3 is 14.8 Å². The van der Waals surface area contributed by atoms with Gasteiger partial charge in [0.25, 0.3) is 5.91 Å². The van der Waals surface area contributed by atoms with Gasteiger partial charge in [-0.05, 0) is 57.9 Å². The van der Waals surface area contributed by atoms with E-state index in [0.717, 1.165) is 15.7 Å². The van der Waals surface area contributed by atoms with E-state index in [1.54, 1.807) is 30.3 Å². The van der Waals surface area contributed by atoms with E-state index in [0.29, 0.717) is 16.5 Å². The van der Waals surface area contributed by atoms with Crippen molar-refractivity contribution in [3.63, 3.8) is 0 Å². The van der Waals surface area contributed by atoms with Crippen molar-refractivity contribution in [2.24, 2.45) is 5.10 Å². The standard InChI is InChI=1S/C16H13BrClN3O3/c17-12-6-11(18)2-3-13(12)19-8-16(22)21-20-7-10-1-4-14-15(5-10)24-9-23-14/h1-7,19H,8-9H2,(H,21,22). The van der Waals surface area contributed by atoms with Crippen molar-refractivity contribution in [3.8, 4) is 11.5 Å². The Morgan fingerprint density at radius 1 is 1.25 bits per heavy atom. The molecule has 2 aromatic carbocycles. The molecule has 3 rings (SSSR count). The number of ether oxygens (including phenoxy) is 2. The van der Waals surface area contributed by atoms with Crippen molar-refractivity contribution in [2.75, 3.05) is 18.7 Å². The maximum Gasteiger partial charge on any atom is 0.259 e. The lowest BCUT2D eigenvalue weighted by Gasteiger charge is -2.07. The first-order valence-electron chi connectivity index (χ1n) is 7.02. The molecule has 0 saturated heterocycles. The number of hydrogen-bond donors (Lipinski definition) is 2.